The van der Waals surface area contributed by atoms with Gasteiger partial charge in [0.2, 0.25) is 5.95 Å². The molecule has 0 saturated carbocycles. The first-order chi connectivity index (χ1) is 17.3. The molecule has 2 aromatic heterocycles. The van der Waals surface area contributed by atoms with E-state index < -0.39 is 0 Å². The molecule has 0 aliphatic carbocycles. The van der Waals surface area contributed by atoms with E-state index in [1.165, 1.54) is 24.7 Å². The predicted octanol–water partition coefficient (Wildman–Crippen LogP) is 2.38. The summed E-state index contributed by atoms with van der Waals surface area (Å²) in [5, 5.41) is 6.96. The van der Waals surface area contributed by atoms with Crippen molar-refractivity contribution >= 4 is 45.9 Å². The number of piperidine rings is 1. The van der Waals surface area contributed by atoms with E-state index in [0.29, 0.717) is 22.2 Å². The number of likely N-dealkylation sites (tertiary alicyclic amines) is 1. The molecule has 5 rings (SSSR count). The van der Waals surface area contributed by atoms with Crippen LogP contribution in [0.5, 0.6) is 5.75 Å². The van der Waals surface area contributed by atoms with E-state index >= 15 is 0 Å². The molecule has 2 aliphatic heterocycles. The predicted molar refractivity (Wildman–Crippen MR) is 140 cm³/mol. The zero-order valence-corrected chi connectivity index (χ0v) is 21.4. The first-order valence-electron chi connectivity index (χ1n) is 12.0. The van der Waals surface area contributed by atoms with E-state index in [-0.39, 0.29) is 23.8 Å². The molecule has 1 spiro atoms. The third kappa shape index (κ3) is 4.70. The molecule has 4 heterocycles. The summed E-state index contributed by atoms with van der Waals surface area (Å²) < 4.78 is 6.95. The van der Waals surface area contributed by atoms with Gasteiger partial charge in [0.1, 0.15) is 5.02 Å². The number of hydrogen-bond donors (Lipinski definition) is 2. The molecule has 190 valence electrons. The molecule has 2 saturated heterocycles. The van der Waals surface area contributed by atoms with E-state index in [1.807, 2.05) is 18.2 Å². The number of carbonyl (C=O) groups excluding carboxylic acids is 1. The van der Waals surface area contributed by atoms with Gasteiger partial charge in [0.05, 0.1) is 11.7 Å². The van der Waals surface area contributed by atoms with Crippen LogP contribution in [-0.4, -0.2) is 72.2 Å². The highest BCUT2D eigenvalue weighted by Crippen LogP contribution is 2.40. The lowest BCUT2D eigenvalue weighted by atomic mass is 9.72. The average Bonchev–Trinajstić information content (AvgIpc) is 2.86. The summed E-state index contributed by atoms with van der Waals surface area (Å²) in [5.74, 6) is 0.974. The Balaban J connectivity index is 1.36. The molecule has 2 fully saturated rings. The van der Waals surface area contributed by atoms with Crippen LogP contribution < -0.4 is 25.8 Å². The number of nitrogens with zero attached hydrogens (tertiary/aromatic N) is 5. The second-order valence-corrected chi connectivity index (χ2v) is 10.2. The normalized spacial score (nSPS) is 17.2. The van der Waals surface area contributed by atoms with Crippen LogP contribution in [0.15, 0.2) is 35.3 Å². The number of likely N-dealkylation sites (N-methyl/N-ethyl adjacent to an activating group) is 1. The van der Waals surface area contributed by atoms with Gasteiger partial charge in [-0.2, -0.15) is 4.98 Å². The molecule has 10 nitrogen and oxygen atoms in total. The second kappa shape index (κ2) is 9.59. The maximum atomic E-state index is 12.6. The molecule has 3 aromatic rings. The van der Waals surface area contributed by atoms with Crippen LogP contribution >= 0.6 is 11.6 Å². The van der Waals surface area contributed by atoms with Crippen molar-refractivity contribution < 1.29 is 9.53 Å². The Morgan fingerprint density at radius 3 is 2.64 bits per heavy atom. The van der Waals surface area contributed by atoms with Gasteiger partial charge in [-0.25, -0.2) is 4.98 Å². The zero-order valence-electron chi connectivity index (χ0n) is 20.7. The lowest BCUT2D eigenvalue weighted by molar-refractivity contribution is -0.122. The second-order valence-electron chi connectivity index (χ2n) is 9.76. The highest BCUT2D eigenvalue weighted by Gasteiger charge is 2.43. The van der Waals surface area contributed by atoms with Crippen molar-refractivity contribution in [2.45, 2.75) is 12.8 Å². The van der Waals surface area contributed by atoms with E-state index in [1.54, 1.807) is 19.3 Å². The minimum Gasteiger partial charge on any atom is -0.478 e. The van der Waals surface area contributed by atoms with Crippen LogP contribution in [0.25, 0.3) is 10.9 Å². The molecule has 1 aromatic carbocycles. The van der Waals surface area contributed by atoms with Crippen molar-refractivity contribution in [2.75, 3.05) is 57.1 Å². The van der Waals surface area contributed by atoms with Crippen molar-refractivity contribution in [1.29, 1.82) is 0 Å². The topological polar surface area (TPSA) is 105 Å². The summed E-state index contributed by atoms with van der Waals surface area (Å²) in [7, 11) is 5.35. The van der Waals surface area contributed by atoms with Crippen molar-refractivity contribution in [3.8, 4) is 5.75 Å². The van der Waals surface area contributed by atoms with Gasteiger partial charge in [0.15, 0.2) is 18.2 Å². The summed E-state index contributed by atoms with van der Waals surface area (Å²) in [5.41, 5.74) is 1.62. The molecule has 0 radical (unpaired) electrons. The third-order valence-corrected chi connectivity index (χ3v) is 7.42. The van der Waals surface area contributed by atoms with Crippen molar-refractivity contribution in [3.63, 3.8) is 0 Å². The fourth-order valence-corrected chi connectivity index (χ4v) is 5.32. The molecule has 0 bridgehead atoms. The first kappa shape index (κ1) is 24.3. The number of aromatic nitrogens is 3. The molecule has 2 aliphatic rings. The van der Waals surface area contributed by atoms with Crippen molar-refractivity contribution in [1.82, 2.24) is 24.8 Å². The quantitative estimate of drug-likeness (QED) is 0.520. The molecule has 0 unspecified atom stereocenters. The number of carbonyl (C=O) groups is 1. The van der Waals surface area contributed by atoms with Gasteiger partial charge in [-0.15, -0.1) is 0 Å². The maximum absolute atomic E-state index is 12.6. The molecule has 36 heavy (non-hydrogen) atoms. The van der Waals surface area contributed by atoms with Gasteiger partial charge in [0.25, 0.3) is 11.5 Å². The van der Waals surface area contributed by atoms with Crippen LogP contribution in [0.2, 0.25) is 5.02 Å². The van der Waals surface area contributed by atoms with E-state index in [0.717, 1.165) is 42.5 Å². The highest BCUT2D eigenvalue weighted by atomic mass is 35.5. The number of fused-ring (bicyclic) bond motifs is 1. The number of pyridine rings is 1. The standard InChI is InChI=1S/C25H30ClN7O3/c1-27-21(34)13-36-20-11-16-10-17(4-5-19(16)32(3)23(20)35)29-22-18(26)12-28-24(30-22)33-8-6-25(7-9-33)14-31(2)15-25/h4-5,10-12H,6-9,13-15H2,1-3H3,(H,27,34)(H,28,29,30). The van der Waals surface area contributed by atoms with Crippen LogP contribution in [0.3, 0.4) is 0 Å². The zero-order chi connectivity index (χ0) is 25.4. The summed E-state index contributed by atoms with van der Waals surface area (Å²) in [4.78, 5) is 38.0. The minimum absolute atomic E-state index is 0.105. The molecular weight excluding hydrogens is 482 g/mol. The SMILES string of the molecule is CNC(=O)COc1cc2cc(Nc3nc(N4CCC5(CC4)CN(C)C5)ncc3Cl)ccc2n(C)c1=O. The summed E-state index contributed by atoms with van der Waals surface area (Å²) >= 11 is 6.44. The van der Waals surface area contributed by atoms with Crippen LogP contribution in [-0.2, 0) is 11.8 Å². The fourth-order valence-electron chi connectivity index (χ4n) is 5.18. The van der Waals surface area contributed by atoms with Gasteiger partial charge < -0.3 is 29.7 Å². The highest BCUT2D eigenvalue weighted by molar-refractivity contribution is 6.32. The van der Waals surface area contributed by atoms with Crippen LogP contribution in [0, 0.1) is 5.41 Å². The monoisotopic (exact) mass is 511 g/mol. The summed E-state index contributed by atoms with van der Waals surface area (Å²) in [6.07, 6.45) is 3.91. The smallest absolute Gasteiger partial charge is 0.293 e. The van der Waals surface area contributed by atoms with Crippen LogP contribution in [0.4, 0.5) is 17.5 Å². The Morgan fingerprint density at radius 1 is 1.19 bits per heavy atom. The van der Waals surface area contributed by atoms with Crippen molar-refractivity contribution in [2.24, 2.45) is 12.5 Å². The molecule has 2 N–H and O–H groups in total. The van der Waals surface area contributed by atoms with E-state index in [2.05, 4.69) is 32.5 Å². The third-order valence-electron chi connectivity index (χ3n) is 7.14. The van der Waals surface area contributed by atoms with E-state index in [9.17, 15) is 9.59 Å². The first-order valence-corrected chi connectivity index (χ1v) is 12.3. The summed E-state index contributed by atoms with van der Waals surface area (Å²) in [6.45, 7) is 3.96. The fraction of sp³-hybridized carbons (Fsp3) is 0.440. The number of nitrogens with one attached hydrogen (secondary N) is 2. The molecular formula is C25H30ClN7O3. The Morgan fingerprint density at radius 2 is 1.94 bits per heavy atom. The minimum atomic E-state index is -0.314. The van der Waals surface area contributed by atoms with Crippen LogP contribution in [0.1, 0.15) is 12.8 Å². The van der Waals surface area contributed by atoms with Gasteiger partial charge in [-0.1, -0.05) is 11.6 Å². The Kier molecular flexibility index (Phi) is 6.48. The maximum Gasteiger partial charge on any atom is 0.293 e. The number of amides is 1. The van der Waals surface area contributed by atoms with Gasteiger partial charge in [-0.05, 0) is 49.6 Å². The number of benzene rings is 1. The Bertz CT molecular complexity index is 1360. The average molecular weight is 512 g/mol. The Hall–Kier alpha value is -3.37. The number of ether oxygens (including phenoxy) is 1. The number of anilines is 3. The molecule has 0 atom stereocenters. The summed E-state index contributed by atoms with van der Waals surface area (Å²) in [6, 6.07) is 7.23. The Labute approximate surface area is 214 Å². The van der Waals surface area contributed by atoms with Gasteiger partial charge in [0, 0.05) is 51.3 Å². The number of rotatable bonds is 6. The largest absolute Gasteiger partial charge is 0.478 e. The molecule has 1 amide bonds. The van der Waals surface area contributed by atoms with Crippen molar-refractivity contribution in [3.05, 3.63) is 45.8 Å². The molecule has 11 heteroatoms. The lowest BCUT2D eigenvalue weighted by Gasteiger charge is -2.52. The van der Waals surface area contributed by atoms with Gasteiger partial charge >= 0.3 is 0 Å². The lowest BCUT2D eigenvalue weighted by Crippen LogP contribution is -2.58. The number of halogens is 1. The van der Waals surface area contributed by atoms with E-state index in [4.69, 9.17) is 21.3 Å². The number of aryl methyl sites for hydroxylation is 1. The number of hydrogen-bond acceptors (Lipinski definition) is 8. The van der Waals surface area contributed by atoms with Gasteiger partial charge in [-0.3, -0.25) is 9.59 Å².